The minimum absolute atomic E-state index is 0.0238. The molecule has 1 N–H and O–H groups in total. The number of hydrogen-bond acceptors (Lipinski definition) is 5. The Hall–Kier alpha value is -2.26. The number of ether oxygens (including phenoxy) is 3. The lowest BCUT2D eigenvalue weighted by Crippen LogP contribution is -2.07. The average Bonchev–Trinajstić information content (AvgIpc) is 2.38. The van der Waals surface area contributed by atoms with Gasteiger partial charge in [-0.1, -0.05) is 0 Å². The molecule has 0 atom stereocenters. The van der Waals surface area contributed by atoms with Crippen LogP contribution < -0.4 is 9.47 Å². The highest BCUT2D eigenvalue weighted by Crippen LogP contribution is 2.30. The molecular weight excluding hydrogens is 238 g/mol. The predicted octanol–water partition coefficient (Wildman–Crippen LogP) is 1.29. The molecule has 0 aliphatic rings. The van der Waals surface area contributed by atoms with Crippen molar-refractivity contribution in [3.8, 4) is 17.6 Å². The molecule has 0 heterocycles. The van der Waals surface area contributed by atoms with Crippen LogP contribution in [-0.4, -0.2) is 38.5 Å². The zero-order valence-electron chi connectivity index (χ0n) is 10.1. The van der Waals surface area contributed by atoms with Gasteiger partial charge in [-0.2, -0.15) is 5.26 Å². The van der Waals surface area contributed by atoms with E-state index in [0.717, 1.165) is 0 Å². The summed E-state index contributed by atoms with van der Waals surface area (Å²) in [5.74, 6) is -0.605. The van der Waals surface area contributed by atoms with Gasteiger partial charge in [-0.05, 0) is 6.07 Å². The zero-order valence-corrected chi connectivity index (χ0v) is 10.1. The Morgan fingerprint density at radius 1 is 1.33 bits per heavy atom. The predicted molar refractivity (Wildman–Crippen MR) is 62.0 cm³/mol. The Bertz CT molecular complexity index is 478. The van der Waals surface area contributed by atoms with Gasteiger partial charge in [0.2, 0.25) is 0 Å². The lowest BCUT2D eigenvalue weighted by Gasteiger charge is -2.12. The number of hydrogen-bond donors (Lipinski definition) is 1. The lowest BCUT2D eigenvalue weighted by molar-refractivity contribution is 0.0696. The third-order valence-electron chi connectivity index (χ3n) is 2.20. The molecule has 0 aliphatic carbocycles. The summed E-state index contributed by atoms with van der Waals surface area (Å²) >= 11 is 0. The number of aromatic carboxylic acids is 1. The first-order chi connectivity index (χ1) is 8.63. The highest BCUT2D eigenvalue weighted by molar-refractivity contribution is 5.91. The van der Waals surface area contributed by atoms with Crippen LogP contribution in [0.5, 0.6) is 11.5 Å². The Balaban J connectivity index is 3.11. The molecule has 1 aromatic rings. The Labute approximate surface area is 104 Å². The molecule has 0 saturated carbocycles. The average molecular weight is 251 g/mol. The minimum atomic E-state index is -1.19. The summed E-state index contributed by atoms with van der Waals surface area (Å²) in [6.07, 6.45) is 0. The molecule has 6 nitrogen and oxygen atoms in total. The quantitative estimate of drug-likeness (QED) is 0.766. The van der Waals surface area contributed by atoms with Gasteiger partial charge in [-0.3, -0.25) is 0 Å². The number of nitrogens with zero attached hydrogens (tertiary/aromatic N) is 1. The number of carboxylic acid groups (broad SMARTS) is 1. The summed E-state index contributed by atoms with van der Waals surface area (Å²) in [5.41, 5.74) is -0.0934. The van der Waals surface area contributed by atoms with Crippen molar-refractivity contribution in [1.29, 1.82) is 5.26 Å². The number of nitriles is 1. The second-order valence-electron chi connectivity index (χ2n) is 3.31. The monoisotopic (exact) mass is 251 g/mol. The highest BCUT2D eigenvalue weighted by Gasteiger charge is 2.16. The van der Waals surface area contributed by atoms with Crippen molar-refractivity contribution in [3.05, 3.63) is 23.3 Å². The molecule has 0 saturated heterocycles. The molecule has 0 radical (unpaired) electrons. The van der Waals surface area contributed by atoms with E-state index in [4.69, 9.17) is 24.6 Å². The second-order valence-corrected chi connectivity index (χ2v) is 3.31. The molecule has 0 amide bonds. The molecule has 0 spiro atoms. The van der Waals surface area contributed by atoms with Crippen LogP contribution in [0.4, 0.5) is 0 Å². The minimum Gasteiger partial charge on any atom is -0.493 e. The van der Waals surface area contributed by atoms with Gasteiger partial charge in [0.15, 0.2) is 11.5 Å². The molecule has 96 valence electrons. The van der Waals surface area contributed by atoms with Gasteiger partial charge in [0.05, 0.1) is 24.8 Å². The highest BCUT2D eigenvalue weighted by atomic mass is 16.5. The standard InChI is InChI=1S/C12H13NO5/c1-16-3-4-18-11-5-8(7-13)9(12(14)15)6-10(11)17-2/h5-6H,3-4H2,1-2H3,(H,14,15). The molecule has 1 aromatic carbocycles. The van der Waals surface area contributed by atoms with E-state index < -0.39 is 5.97 Å². The van der Waals surface area contributed by atoms with Gasteiger partial charge in [-0.15, -0.1) is 0 Å². The fourth-order valence-electron chi connectivity index (χ4n) is 1.34. The van der Waals surface area contributed by atoms with Gasteiger partial charge >= 0.3 is 5.97 Å². The maximum atomic E-state index is 11.0. The van der Waals surface area contributed by atoms with Crippen molar-refractivity contribution in [3.63, 3.8) is 0 Å². The van der Waals surface area contributed by atoms with Crippen LogP contribution in [0, 0.1) is 11.3 Å². The van der Waals surface area contributed by atoms with Crippen molar-refractivity contribution < 1.29 is 24.1 Å². The largest absolute Gasteiger partial charge is 0.493 e. The van der Waals surface area contributed by atoms with E-state index in [1.807, 2.05) is 6.07 Å². The number of benzene rings is 1. The van der Waals surface area contributed by atoms with E-state index in [9.17, 15) is 4.79 Å². The van der Waals surface area contributed by atoms with Crippen LogP contribution in [0.3, 0.4) is 0 Å². The molecule has 0 bridgehead atoms. The molecule has 6 heteroatoms. The molecule has 0 fully saturated rings. The van der Waals surface area contributed by atoms with Crippen molar-refractivity contribution in [2.45, 2.75) is 0 Å². The van der Waals surface area contributed by atoms with Crippen LogP contribution >= 0.6 is 0 Å². The summed E-state index contributed by atoms with van der Waals surface area (Å²) in [6.45, 7) is 0.663. The fraction of sp³-hybridized carbons (Fsp3) is 0.333. The lowest BCUT2D eigenvalue weighted by atomic mass is 10.1. The molecule has 0 unspecified atom stereocenters. The summed E-state index contributed by atoms with van der Waals surface area (Å²) in [5, 5.41) is 17.8. The smallest absolute Gasteiger partial charge is 0.337 e. The first kappa shape index (κ1) is 13.8. The van der Waals surface area contributed by atoms with E-state index >= 15 is 0 Å². The van der Waals surface area contributed by atoms with Crippen LogP contribution in [0.1, 0.15) is 15.9 Å². The number of rotatable bonds is 6. The van der Waals surface area contributed by atoms with Crippen LogP contribution in [0.15, 0.2) is 12.1 Å². The fourth-order valence-corrected chi connectivity index (χ4v) is 1.34. The van der Waals surface area contributed by atoms with E-state index in [0.29, 0.717) is 12.4 Å². The van der Waals surface area contributed by atoms with E-state index in [1.54, 1.807) is 0 Å². The van der Waals surface area contributed by atoms with Crippen LogP contribution in [0.25, 0.3) is 0 Å². The van der Waals surface area contributed by atoms with E-state index in [2.05, 4.69) is 0 Å². The molecule has 1 rings (SSSR count). The summed E-state index contributed by atoms with van der Waals surface area (Å²) in [4.78, 5) is 11.0. The van der Waals surface area contributed by atoms with Gasteiger partial charge < -0.3 is 19.3 Å². The van der Waals surface area contributed by atoms with Crippen molar-refractivity contribution in [2.24, 2.45) is 0 Å². The van der Waals surface area contributed by atoms with E-state index in [1.165, 1.54) is 26.4 Å². The topological polar surface area (TPSA) is 88.8 Å². The van der Waals surface area contributed by atoms with Crippen molar-refractivity contribution >= 4 is 5.97 Å². The van der Waals surface area contributed by atoms with E-state index in [-0.39, 0.29) is 23.5 Å². The van der Waals surface area contributed by atoms with Crippen LogP contribution in [-0.2, 0) is 4.74 Å². The Morgan fingerprint density at radius 3 is 2.56 bits per heavy atom. The maximum absolute atomic E-state index is 11.0. The summed E-state index contributed by atoms with van der Waals surface area (Å²) in [6, 6.07) is 4.42. The summed E-state index contributed by atoms with van der Waals surface area (Å²) in [7, 11) is 2.94. The SMILES string of the molecule is COCCOc1cc(C#N)c(C(=O)O)cc1OC. The number of carboxylic acids is 1. The maximum Gasteiger partial charge on any atom is 0.337 e. The third-order valence-corrected chi connectivity index (χ3v) is 2.20. The van der Waals surface area contributed by atoms with Gasteiger partial charge in [0.1, 0.15) is 12.7 Å². The van der Waals surface area contributed by atoms with Gasteiger partial charge in [0, 0.05) is 13.2 Å². The van der Waals surface area contributed by atoms with Gasteiger partial charge in [0.25, 0.3) is 0 Å². The third kappa shape index (κ3) is 3.12. The molecular formula is C12H13NO5. The molecule has 0 aromatic heterocycles. The zero-order chi connectivity index (χ0) is 13.5. The molecule has 18 heavy (non-hydrogen) atoms. The molecule has 0 aliphatic heterocycles. The normalized spacial score (nSPS) is 9.61. The van der Waals surface area contributed by atoms with Gasteiger partial charge in [-0.25, -0.2) is 4.79 Å². The van der Waals surface area contributed by atoms with Crippen LogP contribution in [0.2, 0.25) is 0 Å². The Morgan fingerprint density at radius 2 is 2.06 bits per heavy atom. The Kier molecular flexibility index (Phi) is 4.96. The van der Waals surface area contributed by atoms with Crippen molar-refractivity contribution in [2.75, 3.05) is 27.4 Å². The second kappa shape index (κ2) is 6.47. The summed E-state index contributed by atoms with van der Waals surface area (Å²) < 4.78 is 15.2. The van der Waals surface area contributed by atoms with Crippen molar-refractivity contribution in [1.82, 2.24) is 0 Å². The first-order valence-corrected chi connectivity index (χ1v) is 5.11. The number of carbonyl (C=O) groups is 1. The number of methoxy groups -OCH3 is 2. The first-order valence-electron chi connectivity index (χ1n) is 5.11.